The Hall–Kier alpha value is -3.03. The summed E-state index contributed by atoms with van der Waals surface area (Å²) in [5.74, 6) is -0.661. The summed E-state index contributed by atoms with van der Waals surface area (Å²) >= 11 is 0. The lowest BCUT2D eigenvalue weighted by Gasteiger charge is -2.23. The van der Waals surface area contributed by atoms with Gasteiger partial charge in [-0.05, 0) is 36.8 Å². The number of benzene rings is 2. The Labute approximate surface area is 153 Å². The van der Waals surface area contributed by atoms with Crippen molar-refractivity contribution in [3.05, 3.63) is 59.7 Å². The van der Waals surface area contributed by atoms with Crippen molar-refractivity contribution in [2.45, 2.75) is 25.1 Å². The van der Waals surface area contributed by atoms with E-state index in [0.29, 0.717) is 18.7 Å². The van der Waals surface area contributed by atoms with Crippen LogP contribution < -0.4 is 15.4 Å². The number of carbonyl (C=O) groups excluding carboxylic acids is 2. The SMILES string of the molecule is O=C1CC(NC(=O)c2ccc(C(F)(F)F)cc2Oc2ccccc2)CCN1. The summed E-state index contributed by atoms with van der Waals surface area (Å²) in [6.07, 6.45) is -3.89. The molecule has 2 aromatic rings. The van der Waals surface area contributed by atoms with Crippen LogP contribution in [0.5, 0.6) is 11.5 Å². The molecule has 2 N–H and O–H groups in total. The van der Waals surface area contributed by atoms with Gasteiger partial charge in [0.2, 0.25) is 5.91 Å². The third kappa shape index (κ3) is 4.78. The minimum atomic E-state index is -4.56. The summed E-state index contributed by atoms with van der Waals surface area (Å²) in [6, 6.07) is 10.6. The lowest BCUT2D eigenvalue weighted by atomic mass is 10.0. The first kappa shape index (κ1) is 18.8. The van der Waals surface area contributed by atoms with Crippen molar-refractivity contribution >= 4 is 11.8 Å². The fourth-order valence-electron chi connectivity index (χ4n) is 2.76. The van der Waals surface area contributed by atoms with Crippen LogP contribution in [0.2, 0.25) is 0 Å². The molecule has 1 saturated heterocycles. The molecule has 5 nitrogen and oxygen atoms in total. The molecule has 0 aliphatic carbocycles. The number of hydrogen-bond acceptors (Lipinski definition) is 3. The maximum atomic E-state index is 13.1. The lowest BCUT2D eigenvalue weighted by molar-refractivity contribution is -0.137. The lowest BCUT2D eigenvalue weighted by Crippen LogP contribution is -2.45. The molecular formula is C19H17F3N2O3. The normalized spacial score (nSPS) is 17.1. The highest BCUT2D eigenvalue weighted by atomic mass is 19.4. The Morgan fingerprint density at radius 3 is 2.56 bits per heavy atom. The molecular weight excluding hydrogens is 361 g/mol. The highest BCUT2D eigenvalue weighted by Gasteiger charge is 2.32. The van der Waals surface area contributed by atoms with E-state index >= 15 is 0 Å². The minimum Gasteiger partial charge on any atom is -0.457 e. The second-order valence-corrected chi connectivity index (χ2v) is 6.14. The number of hydrogen-bond donors (Lipinski definition) is 2. The summed E-state index contributed by atoms with van der Waals surface area (Å²) in [4.78, 5) is 24.0. The van der Waals surface area contributed by atoms with Gasteiger partial charge < -0.3 is 15.4 Å². The summed E-state index contributed by atoms with van der Waals surface area (Å²) in [7, 11) is 0. The first-order valence-corrected chi connectivity index (χ1v) is 8.34. The number of halogens is 3. The first-order chi connectivity index (χ1) is 12.8. The average molecular weight is 378 g/mol. The van der Waals surface area contributed by atoms with E-state index in [1.165, 1.54) is 0 Å². The van der Waals surface area contributed by atoms with Crippen molar-refractivity contribution in [2.75, 3.05) is 6.54 Å². The molecule has 3 rings (SSSR count). The molecule has 1 unspecified atom stereocenters. The number of carbonyl (C=O) groups is 2. The fraction of sp³-hybridized carbons (Fsp3) is 0.263. The smallest absolute Gasteiger partial charge is 0.416 e. The molecule has 2 aromatic carbocycles. The van der Waals surface area contributed by atoms with E-state index in [-0.39, 0.29) is 29.7 Å². The second-order valence-electron chi connectivity index (χ2n) is 6.14. The molecule has 1 aliphatic heterocycles. The van der Waals surface area contributed by atoms with Crippen molar-refractivity contribution < 1.29 is 27.5 Å². The highest BCUT2D eigenvalue weighted by molar-refractivity contribution is 5.97. The van der Waals surface area contributed by atoms with Gasteiger partial charge in [-0.3, -0.25) is 9.59 Å². The van der Waals surface area contributed by atoms with Gasteiger partial charge in [0.1, 0.15) is 11.5 Å². The molecule has 0 saturated carbocycles. The first-order valence-electron chi connectivity index (χ1n) is 8.34. The third-order valence-electron chi connectivity index (χ3n) is 4.11. The van der Waals surface area contributed by atoms with Crippen molar-refractivity contribution in [3.8, 4) is 11.5 Å². The van der Waals surface area contributed by atoms with Gasteiger partial charge in [0.25, 0.3) is 5.91 Å². The highest BCUT2D eigenvalue weighted by Crippen LogP contribution is 2.35. The van der Waals surface area contributed by atoms with Crippen LogP contribution in [0.3, 0.4) is 0 Å². The zero-order valence-corrected chi connectivity index (χ0v) is 14.2. The molecule has 0 aromatic heterocycles. The number of alkyl halides is 3. The third-order valence-corrected chi connectivity index (χ3v) is 4.11. The van der Waals surface area contributed by atoms with E-state index < -0.39 is 17.6 Å². The number of amides is 2. The fourth-order valence-corrected chi connectivity index (χ4v) is 2.76. The molecule has 2 amide bonds. The Bertz CT molecular complexity index is 838. The van der Waals surface area contributed by atoms with Crippen molar-refractivity contribution in [2.24, 2.45) is 0 Å². The predicted octanol–water partition coefficient (Wildman–Crippen LogP) is 3.51. The standard InChI is InChI=1S/C19H17F3N2O3/c20-19(21,22)12-6-7-15(16(10-12)27-14-4-2-1-3-5-14)18(26)24-13-8-9-23-17(25)11-13/h1-7,10,13H,8-9,11H2,(H,23,25)(H,24,26). The van der Waals surface area contributed by atoms with Gasteiger partial charge in [-0.25, -0.2) is 0 Å². The largest absolute Gasteiger partial charge is 0.457 e. The molecule has 8 heteroatoms. The summed E-state index contributed by atoms with van der Waals surface area (Å²) in [6.45, 7) is 0.435. The quantitative estimate of drug-likeness (QED) is 0.856. The Kier molecular flexibility index (Phi) is 5.34. The number of ether oxygens (including phenoxy) is 1. The van der Waals surface area contributed by atoms with Crippen molar-refractivity contribution in [1.29, 1.82) is 0 Å². The van der Waals surface area contributed by atoms with Crippen LogP contribution in [0.4, 0.5) is 13.2 Å². The number of piperidine rings is 1. The number of nitrogens with one attached hydrogen (secondary N) is 2. The molecule has 0 bridgehead atoms. The maximum absolute atomic E-state index is 13.1. The van der Waals surface area contributed by atoms with Crippen LogP contribution in [0, 0.1) is 0 Å². The molecule has 1 aliphatic rings. The van der Waals surface area contributed by atoms with Gasteiger partial charge in [-0.15, -0.1) is 0 Å². The molecule has 0 spiro atoms. The van der Waals surface area contributed by atoms with Gasteiger partial charge in [-0.2, -0.15) is 13.2 Å². The van der Waals surface area contributed by atoms with Crippen LogP contribution in [-0.2, 0) is 11.0 Å². The molecule has 1 heterocycles. The van der Waals surface area contributed by atoms with Crippen molar-refractivity contribution in [1.82, 2.24) is 10.6 Å². The van der Waals surface area contributed by atoms with Gasteiger partial charge in [0.05, 0.1) is 11.1 Å². The monoisotopic (exact) mass is 378 g/mol. The van der Waals surface area contributed by atoms with E-state index in [0.717, 1.165) is 18.2 Å². The topological polar surface area (TPSA) is 67.4 Å². The van der Waals surface area contributed by atoms with E-state index in [9.17, 15) is 22.8 Å². The van der Waals surface area contributed by atoms with Crippen molar-refractivity contribution in [3.63, 3.8) is 0 Å². The van der Waals surface area contributed by atoms with Gasteiger partial charge in [-0.1, -0.05) is 18.2 Å². The molecule has 1 fully saturated rings. The molecule has 27 heavy (non-hydrogen) atoms. The van der Waals surface area contributed by atoms with Crippen LogP contribution in [0.25, 0.3) is 0 Å². The zero-order valence-electron chi connectivity index (χ0n) is 14.2. The van der Waals surface area contributed by atoms with E-state index in [2.05, 4.69) is 10.6 Å². The Morgan fingerprint density at radius 1 is 1.15 bits per heavy atom. The maximum Gasteiger partial charge on any atom is 0.416 e. The van der Waals surface area contributed by atoms with Gasteiger partial charge >= 0.3 is 6.18 Å². The van der Waals surface area contributed by atoms with E-state index in [1.54, 1.807) is 30.3 Å². The van der Waals surface area contributed by atoms with E-state index in [1.807, 2.05) is 0 Å². The van der Waals surface area contributed by atoms with Gasteiger partial charge in [0.15, 0.2) is 0 Å². The zero-order chi connectivity index (χ0) is 19.4. The van der Waals surface area contributed by atoms with Crippen LogP contribution in [0.15, 0.2) is 48.5 Å². The van der Waals surface area contributed by atoms with Crippen LogP contribution in [0.1, 0.15) is 28.8 Å². The van der Waals surface area contributed by atoms with E-state index in [4.69, 9.17) is 4.74 Å². The number of rotatable bonds is 4. The van der Waals surface area contributed by atoms with Gasteiger partial charge in [0, 0.05) is 19.0 Å². The molecule has 0 radical (unpaired) electrons. The molecule has 1 atom stereocenters. The average Bonchev–Trinajstić information content (AvgIpc) is 2.62. The Balaban J connectivity index is 1.88. The number of para-hydroxylation sites is 1. The predicted molar refractivity (Wildman–Crippen MR) is 91.5 cm³/mol. The minimum absolute atomic E-state index is 0.0298. The summed E-state index contributed by atoms with van der Waals surface area (Å²) in [5.41, 5.74) is -0.945. The van der Waals surface area contributed by atoms with Crippen LogP contribution in [-0.4, -0.2) is 24.4 Å². The summed E-state index contributed by atoms with van der Waals surface area (Å²) < 4.78 is 44.7. The van der Waals surface area contributed by atoms with Crippen LogP contribution >= 0.6 is 0 Å². The summed E-state index contributed by atoms with van der Waals surface area (Å²) in [5, 5.41) is 5.34. The Morgan fingerprint density at radius 2 is 1.89 bits per heavy atom. The molecule has 142 valence electrons. The second kappa shape index (κ2) is 7.69.